The maximum Gasteiger partial charge on any atom is 0.404 e. The topological polar surface area (TPSA) is 151 Å². The van der Waals surface area contributed by atoms with E-state index in [-0.39, 0.29) is 18.4 Å². The van der Waals surface area contributed by atoms with Crippen LogP contribution in [0.25, 0.3) is 0 Å². The van der Waals surface area contributed by atoms with Crippen molar-refractivity contribution in [2.24, 2.45) is 17.1 Å². The molecule has 6 N–H and O–H groups in total. The molecule has 9 nitrogen and oxygen atoms in total. The number of hydrogen-bond donors (Lipinski definition) is 5. The van der Waals surface area contributed by atoms with Gasteiger partial charge >= 0.3 is 6.09 Å². The number of carbonyl (C=O) groups is 3. The first kappa shape index (κ1) is 37.6. The monoisotopic (exact) mass is 573 g/mol. The number of primary amides is 1. The second-order valence-electron chi connectivity index (χ2n) is 11.5. The minimum absolute atomic E-state index is 0.0239. The Morgan fingerprint density at radius 3 is 2.17 bits per heavy atom. The minimum Gasteiger partial charge on any atom is -0.446 e. The Hall–Kier alpha value is -3.43. The Morgan fingerprint density at radius 1 is 0.976 bits per heavy atom. The standard InChI is InChI=1S/C32H51N3O6/c1-22(2)15-17-26(41-31(33)40)13-11-19-34-30(39)29(32(6,7)8)35-28(38)14-10-9-12-23(3)20-25(5)27(37)18-16-24(4)21-36/h9-12,14-16,19-20,25-27,29,36-37H,13,17-18,21H2,1-8H3,(H2,33,40)(H,34,39)(H,35,38). The lowest BCUT2D eigenvalue weighted by Crippen LogP contribution is -2.52. The molecular weight excluding hydrogens is 522 g/mol. The Labute approximate surface area is 246 Å². The summed E-state index contributed by atoms with van der Waals surface area (Å²) in [5.74, 6) is -0.881. The average molecular weight is 574 g/mol. The highest BCUT2D eigenvalue weighted by atomic mass is 16.6. The molecule has 0 saturated heterocycles. The van der Waals surface area contributed by atoms with Crippen molar-refractivity contribution in [3.63, 3.8) is 0 Å². The first-order valence-electron chi connectivity index (χ1n) is 13.9. The van der Waals surface area contributed by atoms with Gasteiger partial charge in [0.25, 0.3) is 0 Å². The fourth-order valence-corrected chi connectivity index (χ4v) is 3.57. The fraction of sp³-hybridized carbons (Fsp3) is 0.531. The van der Waals surface area contributed by atoms with Crippen LogP contribution < -0.4 is 16.4 Å². The van der Waals surface area contributed by atoms with Gasteiger partial charge in [-0.15, -0.1) is 0 Å². The highest BCUT2D eigenvalue weighted by molar-refractivity contribution is 5.93. The first-order valence-corrected chi connectivity index (χ1v) is 13.9. The van der Waals surface area contributed by atoms with Gasteiger partial charge in [0.05, 0.1) is 12.7 Å². The summed E-state index contributed by atoms with van der Waals surface area (Å²) in [6.07, 6.45) is 14.8. The number of rotatable bonds is 16. The first-order chi connectivity index (χ1) is 19.1. The number of carbonyl (C=O) groups excluding carboxylic acids is 3. The molecule has 0 radical (unpaired) electrons. The predicted molar refractivity (Wildman–Crippen MR) is 164 cm³/mol. The predicted octanol–water partition coefficient (Wildman–Crippen LogP) is 4.74. The smallest absolute Gasteiger partial charge is 0.404 e. The summed E-state index contributed by atoms with van der Waals surface area (Å²) in [4.78, 5) is 36.6. The molecule has 0 saturated carbocycles. The van der Waals surface area contributed by atoms with E-state index < -0.39 is 35.7 Å². The second-order valence-corrected chi connectivity index (χ2v) is 11.5. The maximum absolute atomic E-state index is 12.9. The molecule has 0 heterocycles. The molecular formula is C32H51N3O6. The van der Waals surface area contributed by atoms with E-state index in [9.17, 15) is 19.5 Å². The number of nitrogens with one attached hydrogen (secondary N) is 2. The molecule has 9 heteroatoms. The van der Waals surface area contributed by atoms with Crippen LogP contribution in [-0.2, 0) is 14.3 Å². The van der Waals surface area contributed by atoms with Crippen LogP contribution in [-0.4, -0.2) is 53.0 Å². The van der Waals surface area contributed by atoms with Crippen LogP contribution >= 0.6 is 0 Å². The number of nitrogens with two attached hydrogens (primary N) is 1. The number of hydrogen-bond acceptors (Lipinski definition) is 6. The molecule has 4 unspecified atom stereocenters. The van der Waals surface area contributed by atoms with Crippen LogP contribution in [0.1, 0.15) is 74.7 Å². The lowest BCUT2D eigenvalue weighted by atomic mass is 9.86. The second kappa shape index (κ2) is 19.6. The number of aliphatic hydroxyl groups excluding tert-OH is 2. The fourth-order valence-electron chi connectivity index (χ4n) is 3.57. The molecule has 230 valence electrons. The molecule has 0 aliphatic heterocycles. The van der Waals surface area contributed by atoms with E-state index in [0.717, 1.165) is 16.7 Å². The van der Waals surface area contributed by atoms with Crippen molar-refractivity contribution >= 4 is 17.9 Å². The quantitative estimate of drug-likeness (QED) is 0.102. The summed E-state index contributed by atoms with van der Waals surface area (Å²) in [6.45, 7) is 15.0. The number of ether oxygens (including phenoxy) is 1. The van der Waals surface area contributed by atoms with Gasteiger partial charge in [-0.2, -0.15) is 0 Å². The van der Waals surface area contributed by atoms with Gasteiger partial charge in [-0.25, -0.2) is 4.79 Å². The van der Waals surface area contributed by atoms with E-state index in [0.29, 0.717) is 19.3 Å². The van der Waals surface area contributed by atoms with E-state index >= 15 is 0 Å². The van der Waals surface area contributed by atoms with E-state index in [1.807, 2.05) is 79.7 Å². The van der Waals surface area contributed by atoms with Crippen molar-refractivity contribution in [2.75, 3.05) is 6.61 Å². The largest absolute Gasteiger partial charge is 0.446 e. The van der Waals surface area contributed by atoms with E-state index in [1.54, 1.807) is 18.2 Å². The zero-order chi connectivity index (χ0) is 31.6. The van der Waals surface area contributed by atoms with Crippen molar-refractivity contribution in [2.45, 2.75) is 92.9 Å². The van der Waals surface area contributed by atoms with Crippen LogP contribution in [0.5, 0.6) is 0 Å². The highest BCUT2D eigenvalue weighted by Gasteiger charge is 2.31. The van der Waals surface area contributed by atoms with E-state index in [4.69, 9.17) is 15.6 Å². The molecule has 4 atom stereocenters. The summed E-state index contributed by atoms with van der Waals surface area (Å²) in [7, 11) is 0. The van der Waals surface area contributed by atoms with Gasteiger partial charge in [-0.1, -0.05) is 86.9 Å². The molecule has 3 amide bonds. The minimum atomic E-state index is -0.856. The van der Waals surface area contributed by atoms with Crippen molar-refractivity contribution < 1.29 is 29.3 Å². The lowest BCUT2D eigenvalue weighted by Gasteiger charge is -2.29. The summed E-state index contributed by atoms with van der Waals surface area (Å²) >= 11 is 0. The summed E-state index contributed by atoms with van der Waals surface area (Å²) in [5.41, 5.74) is 7.42. The third-order valence-electron chi connectivity index (χ3n) is 6.04. The van der Waals surface area contributed by atoms with Crippen molar-refractivity contribution in [1.82, 2.24) is 10.6 Å². The highest BCUT2D eigenvalue weighted by Crippen LogP contribution is 2.20. The Kier molecular flexibility index (Phi) is 18.0. The lowest BCUT2D eigenvalue weighted by molar-refractivity contribution is -0.129. The SMILES string of the molecule is CC(C)=CCC(CC=CNC(=O)C(NC(=O)C=CC=CC(C)=CC(C)C(O)CC=C(C)CO)C(C)(C)C)OC(N)=O. The molecule has 0 rings (SSSR count). The number of amides is 3. The Bertz CT molecular complexity index is 1030. The van der Waals surface area contributed by atoms with Gasteiger partial charge in [-0.05, 0) is 45.7 Å². The third kappa shape index (κ3) is 18.5. The average Bonchev–Trinajstić information content (AvgIpc) is 2.87. The Morgan fingerprint density at radius 2 is 1.61 bits per heavy atom. The summed E-state index contributed by atoms with van der Waals surface area (Å²) < 4.78 is 5.11. The maximum atomic E-state index is 12.9. The summed E-state index contributed by atoms with van der Waals surface area (Å²) in [5, 5.41) is 24.8. The van der Waals surface area contributed by atoms with Gasteiger partial charge in [0, 0.05) is 24.8 Å². The van der Waals surface area contributed by atoms with Gasteiger partial charge in [0.2, 0.25) is 11.8 Å². The van der Waals surface area contributed by atoms with Crippen molar-refractivity contribution in [1.29, 1.82) is 0 Å². The molecule has 0 aliphatic carbocycles. The molecule has 0 fully saturated rings. The van der Waals surface area contributed by atoms with Crippen LogP contribution in [0.4, 0.5) is 4.79 Å². The molecule has 0 aromatic rings. The molecule has 0 spiro atoms. The van der Waals surface area contributed by atoms with Crippen LogP contribution in [0, 0.1) is 11.3 Å². The van der Waals surface area contributed by atoms with Crippen molar-refractivity contribution in [3.05, 3.63) is 71.5 Å². The zero-order valence-corrected chi connectivity index (χ0v) is 25.9. The van der Waals surface area contributed by atoms with Crippen LogP contribution in [0.15, 0.2) is 71.5 Å². The van der Waals surface area contributed by atoms with E-state index in [2.05, 4.69) is 10.6 Å². The van der Waals surface area contributed by atoms with Gasteiger partial charge in [0.15, 0.2) is 0 Å². The summed E-state index contributed by atoms with van der Waals surface area (Å²) in [6, 6.07) is -0.802. The normalized spacial score (nSPS) is 16.0. The molecule has 41 heavy (non-hydrogen) atoms. The van der Waals surface area contributed by atoms with Crippen LogP contribution in [0.2, 0.25) is 0 Å². The van der Waals surface area contributed by atoms with Gasteiger partial charge in [0.1, 0.15) is 12.1 Å². The van der Waals surface area contributed by atoms with E-state index in [1.165, 1.54) is 12.3 Å². The number of aliphatic hydroxyl groups is 2. The molecule has 0 aromatic carbocycles. The number of allylic oxidation sites excluding steroid dienone is 5. The third-order valence-corrected chi connectivity index (χ3v) is 6.04. The van der Waals surface area contributed by atoms with Gasteiger partial charge < -0.3 is 31.3 Å². The molecule has 0 aliphatic rings. The van der Waals surface area contributed by atoms with Crippen LogP contribution in [0.3, 0.4) is 0 Å². The van der Waals surface area contributed by atoms with Crippen molar-refractivity contribution in [3.8, 4) is 0 Å². The van der Waals surface area contributed by atoms with Gasteiger partial charge in [-0.3, -0.25) is 9.59 Å². The zero-order valence-electron chi connectivity index (χ0n) is 25.9. The Balaban J connectivity index is 5.08. The molecule has 0 bridgehead atoms. The molecule has 0 aromatic heterocycles.